The van der Waals surface area contributed by atoms with Gasteiger partial charge in [-0.3, -0.25) is 9.59 Å². The zero-order valence-corrected chi connectivity index (χ0v) is 12.7. The van der Waals surface area contributed by atoms with Crippen molar-refractivity contribution in [2.45, 2.75) is 45.1 Å². The highest BCUT2D eigenvalue weighted by molar-refractivity contribution is 7.10. The van der Waals surface area contributed by atoms with E-state index in [4.69, 9.17) is 0 Å². The van der Waals surface area contributed by atoms with E-state index in [1.165, 1.54) is 12.8 Å². The lowest BCUT2D eigenvalue weighted by Gasteiger charge is -2.27. The number of amides is 2. The van der Waals surface area contributed by atoms with Crippen LogP contribution in [0.25, 0.3) is 0 Å². The van der Waals surface area contributed by atoms with Crippen molar-refractivity contribution in [2.75, 3.05) is 13.1 Å². The summed E-state index contributed by atoms with van der Waals surface area (Å²) in [5.41, 5.74) is 0. The maximum Gasteiger partial charge on any atom is 0.225 e. The minimum atomic E-state index is 0.0300. The molecule has 2 rings (SSSR count). The van der Waals surface area contributed by atoms with Gasteiger partial charge >= 0.3 is 0 Å². The average molecular weight is 294 g/mol. The Hall–Kier alpha value is -1.36. The summed E-state index contributed by atoms with van der Waals surface area (Å²) in [6.07, 6.45) is 5.05. The third-order valence-electron chi connectivity index (χ3n) is 3.76. The summed E-state index contributed by atoms with van der Waals surface area (Å²) >= 11 is 1.59. The van der Waals surface area contributed by atoms with Gasteiger partial charge in [0, 0.05) is 30.9 Å². The largest absolute Gasteiger partial charge is 0.354 e. The second kappa shape index (κ2) is 7.43. The van der Waals surface area contributed by atoms with Crippen LogP contribution in [0.15, 0.2) is 17.5 Å². The molecule has 20 heavy (non-hydrogen) atoms. The van der Waals surface area contributed by atoms with Gasteiger partial charge in [0.05, 0.1) is 6.42 Å². The zero-order chi connectivity index (χ0) is 14.4. The number of hydrogen-bond donors (Lipinski definition) is 1. The highest BCUT2D eigenvalue weighted by Crippen LogP contribution is 2.23. The van der Waals surface area contributed by atoms with Crippen molar-refractivity contribution >= 4 is 23.2 Å². The molecule has 0 aromatic carbocycles. The van der Waals surface area contributed by atoms with Crippen LogP contribution < -0.4 is 5.32 Å². The number of thiophene rings is 1. The Bertz CT molecular complexity index is 439. The first-order valence-corrected chi connectivity index (χ1v) is 8.11. The van der Waals surface area contributed by atoms with Crippen LogP contribution in [0.5, 0.6) is 0 Å². The smallest absolute Gasteiger partial charge is 0.225 e. The van der Waals surface area contributed by atoms with E-state index in [2.05, 4.69) is 5.32 Å². The van der Waals surface area contributed by atoms with E-state index < -0.39 is 0 Å². The van der Waals surface area contributed by atoms with Crippen LogP contribution in [0.3, 0.4) is 0 Å². The van der Waals surface area contributed by atoms with Gasteiger partial charge in [-0.25, -0.2) is 0 Å². The summed E-state index contributed by atoms with van der Waals surface area (Å²) in [5, 5.41) is 4.88. The lowest BCUT2D eigenvalue weighted by molar-refractivity contribution is -0.131. The molecule has 5 heteroatoms. The van der Waals surface area contributed by atoms with E-state index in [1.54, 1.807) is 18.3 Å². The molecule has 1 N–H and O–H groups in total. The van der Waals surface area contributed by atoms with Crippen LogP contribution in [0.4, 0.5) is 0 Å². The number of carbonyl (C=O) groups excluding carboxylic acids is 2. The number of carbonyl (C=O) groups is 2. The van der Waals surface area contributed by atoms with Crippen molar-refractivity contribution in [3.05, 3.63) is 22.4 Å². The van der Waals surface area contributed by atoms with Gasteiger partial charge in [0.2, 0.25) is 11.8 Å². The Balaban J connectivity index is 1.72. The summed E-state index contributed by atoms with van der Waals surface area (Å²) < 4.78 is 0. The Morgan fingerprint density at radius 3 is 2.75 bits per heavy atom. The minimum Gasteiger partial charge on any atom is -0.354 e. The molecule has 110 valence electrons. The van der Waals surface area contributed by atoms with E-state index >= 15 is 0 Å². The van der Waals surface area contributed by atoms with Gasteiger partial charge in [-0.2, -0.15) is 0 Å². The van der Waals surface area contributed by atoms with Gasteiger partial charge < -0.3 is 10.2 Å². The second-order valence-corrected chi connectivity index (χ2v) is 6.29. The predicted octanol–water partition coefficient (Wildman–Crippen LogP) is 2.20. The molecule has 0 aliphatic heterocycles. The molecule has 1 aliphatic rings. The molecule has 1 aromatic rings. The van der Waals surface area contributed by atoms with E-state index in [-0.39, 0.29) is 11.8 Å². The SMILES string of the molecule is CC(=O)N(CCNC(=O)Cc1cccs1)C1CCCC1. The molecule has 0 bridgehead atoms. The number of rotatable bonds is 6. The average Bonchev–Trinajstić information content (AvgIpc) is 3.06. The number of hydrogen-bond acceptors (Lipinski definition) is 3. The molecular weight excluding hydrogens is 272 g/mol. The molecule has 0 atom stereocenters. The molecule has 0 saturated heterocycles. The first kappa shape index (κ1) is 15.0. The third-order valence-corrected chi connectivity index (χ3v) is 4.64. The van der Waals surface area contributed by atoms with Crippen LogP contribution in [0, 0.1) is 0 Å². The fourth-order valence-electron chi connectivity index (χ4n) is 2.76. The van der Waals surface area contributed by atoms with Crippen molar-refractivity contribution in [1.29, 1.82) is 0 Å². The van der Waals surface area contributed by atoms with Crippen molar-refractivity contribution in [3.8, 4) is 0 Å². The highest BCUT2D eigenvalue weighted by Gasteiger charge is 2.24. The summed E-state index contributed by atoms with van der Waals surface area (Å²) in [4.78, 5) is 26.4. The molecule has 4 nitrogen and oxygen atoms in total. The molecule has 1 saturated carbocycles. The molecule has 1 fully saturated rings. The Kier molecular flexibility index (Phi) is 5.59. The first-order chi connectivity index (χ1) is 9.66. The topological polar surface area (TPSA) is 49.4 Å². The highest BCUT2D eigenvalue weighted by atomic mass is 32.1. The molecule has 1 aliphatic carbocycles. The molecule has 2 amide bonds. The molecule has 0 unspecified atom stereocenters. The maximum absolute atomic E-state index is 11.8. The standard InChI is InChI=1S/C15H22N2O2S/c1-12(18)17(13-5-2-3-6-13)9-8-16-15(19)11-14-7-4-10-20-14/h4,7,10,13H,2-3,5-6,8-9,11H2,1H3,(H,16,19). The second-order valence-electron chi connectivity index (χ2n) is 5.26. The maximum atomic E-state index is 11.8. The fraction of sp³-hybridized carbons (Fsp3) is 0.600. The summed E-state index contributed by atoms with van der Waals surface area (Å²) in [6, 6.07) is 4.29. The van der Waals surface area contributed by atoms with E-state index in [9.17, 15) is 9.59 Å². The van der Waals surface area contributed by atoms with Crippen molar-refractivity contribution in [2.24, 2.45) is 0 Å². The Morgan fingerprint density at radius 1 is 1.40 bits per heavy atom. The third kappa shape index (κ3) is 4.34. The van der Waals surface area contributed by atoms with E-state index in [0.717, 1.165) is 17.7 Å². The summed E-state index contributed by atoms with van der Waals surface area (Å²) in [5.74, 6) is 0.145. The van der Waals surface area contributed by atoms with Crippen molar-refractivity contribution < 1.29 is 9.59 Å². The van der Waals surface area contributed by atoms with Gasteiger partial charge in [-0.1, -0.05) is 18.9 Å². The predicted molar refractivity (Wildman–Crippen MR) is 80.7 cm³/mol. The van der Waals surface area contributed by atoms with Crippen molar-refractivity contribution in [3.63, 3.8) is 0 Å². The summed E-state index contributed by atoms with van der Waals surface area (Å²) in [7, 11) is 0. The Labute approximate surface area is 124 Å². The van der Waals surface area contributed by atoms with Gasteiger partial charge in [-0.15, -0.1) is 11.3 Å². The molecule has 1 heterocycles. The molecule has 0 spiro atoms. The van der Waals surface area contributed by atoms with Crippen LogP contribution in [0.2, 0.25) is 0 Å². The van der Waals surface area contributed by atoms with Crippen LogP contribution in [-0.2, 0) is 16.0 Å². The zero-order valence-electron chi connectivity index (χ0n) is 11.9. The fourth-order valence-corrected chi connectivity index (χ4v) is 3.47. The lowest BCUT2D eigenvalue weighted by atomic mass is 10.2. The quantitative estimate of drug-likeness (QED) is 0.874. The molecule has 0 radical (unpaired) electrons. The van der Waals surface area contributed by atoms with Crippen LogP contribution in [-0.4, -0.2) is 35.8 Å². The van der Waals surface area contributed by atoms with Gasteiger partial charge in [-0.05, 0) is 24.3 Å². The van der Waals surface area contributed by atoms with Crippen LogP contribution in [0.1, 0.15) is 37.5 Å². The first-order valence-electron chi connectivity index (χ1n) is 7.23. The summed E-state index contributed by atoms with van der Waals surface area (Å²) in [6.45, 7) is 2.78. The number of nitrogens with one attached hydrogen (secondary N) is 1. The van der Waals surface area contributed by atoms with Gasteiger partial charge in [0.25, 0.3) is 0 Å². The minimum absolute atomic E-state index is 0.0300. The van der Waals surface area contributed by atoms with E-state index in [1.807, 2.05) is 22.4 Å². The Morgan fingerprint density at radius 2 is 2.15 bits per heavy atom. The lowest BCUT2D eigenvalue weighted by Crippen LogP contribution is -2.42. The molecule has 1 aromatic heterocycles. The van der Waals surface area contributed by atoms with Gasteiger partial charge in [0.15, 0.2) is 0 Å². The van der Waals surface area contributed by atoms with Crippen molar-refractivity contribution in [1.82, 2.24) is 10.2 Å². The monoisotopic (exact) mass is 294 g/mol. The molecular formula is C15H22N2O2S. The van der Waals surface area contributed by atoms with Crippen LogP contribution >= 0.6 is 11.3 Å². The van der Waals surface area contributed by atoms with Gasteiger partial charge in [0.1, 0.15) is 0 Å². The normalized spacial score (nSPS) is 15.2. The van der Waals surface area contributed by atoms with E-state index in [0.29, 0.717) is 25.6 Å². The number of nitrogens with zero attached hydrogens (tertiary/aromatic N) is 1.